The van der Waals surface area contributed by atoms with Crippen LogP contribution in [-0.2, 0) is 4.79 Å². The van der Waals surface area contributed by atoms with Crippen LogP contribution in [0.2, 0.25) is 0 Å². The van der Waals surface area contributed by atoms with Gasteiger partial charge in [0.1, 0.15) is 0 Å². The summed E-state index contributed by atoms with van der Waals surface area (Å²) in [5.41, 5.74) is 0.899. The molecule has 88 valence electrons. The van der Waals surface area contributed by atoms with E-state index in [0.717, 1.165) is 5.69 Å². The summed E-state index contributed by atoms with van der Waals surface area (Å²) >= 11 is 0. The first-order valence-electron chi connectivity index (χ1n) is 5.45. The molecule has 0 bridgehead atoms. The van der Waals surface area contributed by atoms with Crippen molar-refractivity contribution >= 4 is 11.6 Å². The van der Waals surface area contributed by atoms with Gasteiger partial charge in [0.2, 0.25) is 5.91 Å². The molecule has 0 fully saturated rings. The largest absolute Gasteiger partial charge is 0.311 e. The number of rotatable bonds is 4. The number of pyridine rings is 1. The van der Waals surface area contributed by atoms with Gasteiger partial charge in [-0.15, -0.1) is 0 Å². The summed E-state index contributed by atoms with van der Waals surface area (Å²) in [4.78, 5) is 19.8. The zero-order valence-electron chi connectivity index (χ0n) is 10.3. The van der Waals surface area contributed by atoms with Crippen molar-refractivity contribution in [3.05, 3.63) is 24.5 Å². The average Bonchev–Trinajstić information content (AvgIpc) is 2.30. The van der Waals surface area contributed by atoms with Crippen LogP contribution >= 0.6 is 0 Å². The fourth-order valence-corrected chi connectivity index (χ4v) is 1.44. The van der Waals surface area contributed by atoms with Crippen LogP contribution in [-0.4, -0.2) is 42.5 Å². The predicted octanol–water partition coefficient (Wildman–Crippen LogP) is 1.38. The number of likely N-dealkylation sites (N-methyl/N-ethyl adjacent to an activating group) is 2. The Balaban J connectivity index is 2.87. The summed E-state index contributed by atoms with van der Waals surface area (Å²) in [6, 6.07) is 3.58. The van der Waals surface area contributed by atoms with Crippen molar-refractivity contribution in [3.63, 3.8) is 0 Å². The lowest BCUT2D eigenvalue weighted by Gasteiger charge is -2.27. The van der Waals surface area contributed by atoms with E-state index in [4.69, 9.17) is 0 Å². The molecule has 4 nitrogen and oxygen atoms in total. The predicted molar refractivity (Wildman–Crippen MR) is 65.4 cm³/mol. The highest BCUT2D eigenvalue weighted by atomic mass is 16.2. The molecule has 4 heteroatoms. The van der Waals surface area contributed by atoms with E-state index < -0.39 is 0 Å². The van der Waals surface area contributed by atoms with Gasteiger partial charge in [0, 0.05) is 24.6 Å². The lowest BCUT2D eigenvalue weighted by molar-refractivity contribution is -0.122. The Morgan fingerprint density at radius 2 is 1.94 bits per heavy atom. The molecule has 1 heterocycles. The lowest BCUT2D eigenvalue weighted by Crippen LogP contribution is -2.44. The number of anilines is 1. The molecular formula is C12H19N3O. The van der Waals surface area contributed by atoms with Crippen LogP contribution in [0, 0.1) is 0 Å². The van der Waals surface area contributed by atoms with Crippen molar-refractivity contribution in [1.29, 1.82) is 0 Å². The van der Waals surface area contributed by atoms with E-state index in [9.17, 15) is 4.79 Å². The van der Waals surface area contributed by atoms with E-state index in [1.54, 1.807) is 17.3 Å². The maximum Gasteiger partial charge on any atom is 0.244 e. The minimum Gasteiger partial charge on any atom is -0.311 e. The van der Waals surface area contributed by atoms with Gasteiger partial charge in [-0.05, 0) is 40.1 Å². The summed E-state index contributed by atoms with van der Waals surface area (Å²) in [5.74, 6) is 0.110. The summed E-state index contributed by atoms with van der Waals surface area (Å²) in [7, 11) is 3.81. The Morgan fingerprint density at radius 1 is 1.38 bits per heavy atom. The number of hydrogen-bond acceptors (Lipinski definition) is 3. The number of nitrogens with zero attached hydrogens (tertiary/aromatic N) is 3. The number of amides is 1. The average molecular weight is 221 g/mol. The molecule has 0 spiro atoms. The van der Waals surface area contributed by atoms with E-state index >= 15 is 0 Å². The zero-order chi connectivity index (χ0) is 12.1. The van der Waals surface area contributed by atoms with Gasteiger partial charge in [-0.3, -0.25) is 14.7 Å². The molecule has 0 aromatic carbocycles. The number of carbonyl (C=O) groups is 1. The van der Waals surface area contributed by atoms with E-state index in [-0.39, 0.29) is 11.9 Å². The summed E-state index contributed by atoms with van der Waals surface area (Å²) in [6.07, 6.45) is 3.40. The number of hydrogen-bond donors (Lipinski definition) is 0. The fourth-order valence-electron chi connectivity index (χ4n) is 1.44. The SMILES string of the molecule is CCN(C(=O)C(C)N(C)C)c1ccncc1. The minimum atomic E-state index is -0.117. The normalized spacial score (nSPS) is 12.6. The van der Waals surface area contributed by atoms with Gasteiger partial charge in [-0.2, -0.15) is 0 Å². The van der Waals surface area contributed by atoms with E-state index in [1.165, 1.54) is 0 Å². The standard InChI is InChI=1S/C12H19N3O/c1-5-15(11-6-8-13-9-7-11)12(16)10(2)14(3)4/h6-10H,5H2,1-4H3. The first kappa shape index (κ1) is 12.6. The van der Waals surface area contributed by atoms with Crippen LogP contribution in [0.15, 0.2) is 24.5 Å². The maximum absolute atomic E-state index is 12.2. The highest BCUT2D eigenvalue weighted by Gasteiger charge is 2.21. The number of aromatic nitrogens is 1. The van der Waals surface area contributed by atoms with Crippen LogP contribution < -0.4 is 4.90 Å². The van der Waals surface area contributed by atoms with Crippen LogP contribution in [0.25, 0.3) is 0 Å². The van der Waals surface area contributed by atoms with Crippen LogP contribution in [0.1, 0.15) is 13.8 Å². The van der Waals surface area contributed by atoms with Crippen LogP contribution in [0.3, 0.4) is 0 Å². The van der Waals surface area contributed by atoms with E-state index in [1.807, 2.05) is 45.0 Å². The van der Waals surface area contributed by atoms with Gasteiger partial charge in [-0.1, -0.05) is 0 Å². The molecule has 1 amide bonds. The first-order valence-corrected chi connectivity index (χ1v) is 5.45. The highest BCUT2D eigenvalue weighted by molar-refractivity contribution is 5.96. The Hall–Kier alpha value is -1.42. The van der Waals surface area contributed by atoms with E-state index in [2.05, 4.69) is 4.98 Å². The van der Waals surface area contributed by atoms with Crippen LogP contribution in [0.5, 0.6) is 0 Å². The maximum atomic E-state index is 12.2. The molecule has 1 unspecified atom stereocenters. The molecule has 1 aromatic rings. The van der Waals surface area contributed by atoms with Crippen molar-refractivity contribution in [2.24, 2.45) is 0 Å². The monoisotopic (exact) mass is 221 g/mol. The lowest BCUT2D eigenvalue weighted by atomic mass is 10.2. The Labute approximate surface area is 96.9 Å². The van der Waals surface area contributed by atoms with Crippen molar-refractivity contribution in [2.45, 2.75) is 19.9 Å². The molecule has 1 aromatic heterocycles. The summed E-state index contributed by atoms with van der Waals surface area (Å²) in [6.45, 7) is 4.55. The van der Waals surface area contributed by atoms with E-state index in [0.29, 0.717) is 6.54 Å². The van der Waals surface area contributed by atoms with Crippen molar-refractivity contribution < 1.29 is 4.79 Å². The zero-order valence-corrected chi connectivity index (χ0v) is 10.3. The third-order valence-electron chi connectivity index (χ3n) is 2.69. The van der Waals surface area contributed by atoms with Gasteiger partial charge >= 0.3 is 0 Å². The third kappa shape index (κ3) is 2.79. The van der Waals surface area contributed by atoms with Crippen LogP contribution in [0.4, 0.5) is 5.69 Å². The second-order valence-corrected chi connectivity index (χ2v) is 3.93. The van der Waals surface area contributed by atoms with Gasteiger partial charge in [0.05, 0.1) is 6.04 Å². The molecule has 1 rings (SSSR count). The molecule has 0 N–H and O–H groups in total. The Kier molecular flexibility index (Phi) is 4.43. The summed E-state index contributed by atoms with van der Waals surface area (Å²) < 4.78 is 0. The topological polar surface area (TPSA) is 36.4 Å². The summed E-state index contributed by atoms with van der Waals surface area (Å²) in [5, 5.41) is 0. The molecule has 0 aliphatic heterocycles. The van der Waals surface area contributed by atoms with Gasteiger partial charge in [-0.25, -0.2) is 0 Å². The molecule has 0 aliphatic carbocycles. The molecule has 1 atom stereocenters. The first-order chi connectivity index (χ1) is 7.57. The Morgan fingerprint density at radius 3 is 2.38 bits per heavy atom. The second kappa shape index (κ2) is 5.61. The van der Waals surface area contributed by atoms with Crippen molar-refractivity contribution in [3.8, 4) is 0 Å². The molecular weight excluding hydrogens is 202 g/mol. The van der Waals surface area contributed by atoms with Gasteiger partial charge in [0.15, 0.2) is 0 Å². The molecule has 0 saturated heterocycles. The van der Waals surface area contributed by atoms with Crippen molar-refractivity contribution in [1.82, 2.24) is 9.88 Å². The van der Waals surface area contributed by atoms with Gasteiger partial charge in [0.25, 0.3) is 0 Å². The molecule has 0 aliphatic rings. The number of carbonyl (C=O) groups excluding carboxylic acids is 1. The minimum absolute atomic E-state index is 0.110. The smallest absolute Gasteiger partial charge is 0.244 e. The highest BCUT2D eigenvalue weighted by Crippen LogP contribution is 2.14. The Bertz CT molecular complexity index is 337. The molecule has 16 heavy (non-hydrogen) atoms. The van der Waals surface area contributed by atoms with Crippen molar-refractivity contribution in [2.75, 3.05) is 25.5 Å². The fraction of sp³-hybridized carbons (Fsp3) is 0.500. The third-order valence-corrected chi connectivity index (χ3v) is 2.69. The van der Waals surface area contributed by atoms with Gasteiger partial charge < -0.3 is 4.90 Å². The molecule has 0 radical (unpaired) electrons. The molecule has 0 saturated carbocycles. The second-order valence-electron chi connectivity index (χ2n) is 3.93. The quantitative estimate of drug-likeness (QED) is 0.770.